The molecule has 1 aromatic heterocycles. The van der Waals surface area contributed by atoms with Crippen LogP contribution in [-0.4, -0.2) is 49.0 Å². The number of hydrogen-bond donors (Lipinski definition) is 4. The van der Waals surface area contributed by atoms with Gasteiger partial charge in [0.1, 0.15) is 17.1 Å². The van der Waals surface area contributed by atoms with E-state index in [1.54, 1.807) is 42.5 Å². The van der Waals surface area contributed by atoms with Gasteiger partial charge in [0.2, 0.25) is 0 Å². The number of urea groups is 2. The Morgan fingerprint density at radius 3 is 2.71 bits per heavy atom. The molecule has 1 unspecified atom stereocenters. The van der Waals surface area contributed by atoms with E-state index in [1.807, 2.05) is 6.92 Å². The molecule has 1 fully saturated rings. The van der Waals surface area contributed by atoms with Crippen LogP contribution in [-0.2, 0) is 16.9 Å². The molecule has 11 heteroatoms. The summed E-state index contributed by atoms with van der Waals surface area (Å²) in [5.74, 6) is -0.178. The van der Waals surface area contributed by atoms with Crippen LogP contribution in [0.1, 0.15) is 28.6 Å². The summed E-state index contributed by atoms with van der Waals surface area (Å²) in [5.41, 5.74) is 0.640. The zero-order valence-corrected chi connectivity index (χ0v) is 19.1. The summed E-state index contributed by atoms with van der Waals surface area (Å²) in [4.78, 5) is 51.7. The van der Waals surface area contributed by atoms with Crippen LogP contribution < -0.4 is 26.0 Å². The Hall–Kier alpha value is -4.54. The maximum Gasteiger partial charge on any atom is 0.322 e. The van der Waals surface area contributed by atoms with Crippen LogP contribution >= 0.6 is 0 Å². The molecule has 11 nitrogen and oxygen atoms in total. The van der Waals surface area contributed by atoms with Crippen LogP contribution in [0.25, 0.3) is 11.0 Å². The molecule has 6 amide bonds. The van der Waals surface area contributed by atoms with E-state index in [0.717, 1.165) is 5.56 Å². The summed E-state index contributed by atoms with van der Waals surface area (Å²) in [6.07, 6.45) is 0. The quantitative estimate of drug-likeness (QED) is 0.401. The van der Waals surface area contributed by atoms with Crippen molar-refractivity contribution in [2.75, 3.05) is 25.5 Å². The zero-order chi connectivity index (χ0) is 24.7. The fourth-order valence-electron chi connectivity index (χ4n) is 4.40. The van der Waals surface area contributed by atoms with Gasteiger partial charge in [0, 0.05) is 29.7 Å². The van der Waals surface area contributed by atoms with Gasteiger partial charge in [-0.1, -0.05) is 6.07 Å². The second-order valence-corrected chi connectivity index (χ2v) is 8.35. The van der Waals surface area contributed by atoms with E-state index in [9.17, 15) is 19.2 Å². The van der Waals surface area contributed by atoms with Crippen molar-refractivity contribution in [1.82, 2.24) is 20.9 Å². The highest BCUT2D eigenvalue weighted by atomic mass is 16.5. The first-order valence-corrected chi connectivity index (χ1v) is 11.0. The molecular weight excluding hydrogens is 454 g/mol. The second kappa shape index (κ2) is 8.35. The molecule has 3 heterocycles. The first kappa shape index (κ1) is 22.3. The smallest absolute Gasteiger partial charge is 0.322 e. The maximum absolute atomic E-state index is 13.1. The number of anilines is 1. The van der Waals surface area contributed by atoms with Crippen LogP contribution in [0.15, 0.2) is 46.9 Å². The van der Waals surface area contributed by atoms with E-state index in [0.29, 0.717) is 34.5 Å². The minimum absolute atomic E-state index is 0.135. The standard InChI is InChI=1S/C24H23N5O6/c1-3-25-22(32)26-15-5-7-18-14(8-15)9-19(35-18)24(21(31)27-23(33)28-24)12-29-11-13-4-6-16(34-2)10-17(13)20(29)30/h4-10H,3,11-12H2,1-2H3,(H2,25,26,32)(H2,27,28,31,33). The Balaban J connectivity index is 1.48. The van der Waals surface area contributed by atoms with Gasteiger partial charge in [-0.3, -0.25) is 14.9 Å². The number of furan rings is 1. The van der Waals surface area contributed by atoms with Gasteiger partial charge < -0.3 is 30.0 Å². The van der Waals surface area contributed by atoms with E-state index in [2.05, 4.69) is 21.3 Å². The van der Waals surface area contributed by atoms with Crippen LogP contribution in [0.3, 0.4) is 0 Å². The molecule has 1 saturated heterocycles. The lowest BCUT2D eigenvalue weighted by Crippen LogP contribution is -2.52. The number of amides is 6. The molecule has 0 radical (unpaired) electrons. The van der Waals surface area contributed by atoms with Gasteiger partial charge in [-0.2, -0.15) is 0 Å². The highest BCUT2D eigenvalue weighted by molar-refractivity contribution is 6.08. The third-order valence-electron chi connectivity index (χ3n) is 6.10. The summed E-state index contributed by atoms with van der Waals surface area (Å²) in [6, 6.07) is 10.8. The first-order chi connectivity index (χ1) is 16.8. The van der Waals surface area contributed by atoms with Crippen LogP contribution in [0.5, 0.6) is 5.75 Å². The first-order valence-electron chi connectivity index (χ1n) is 11.0. The van der Waals surface area contributed by atoms with Gasteiger partial charge in [0.25, 0.3) is 11.8 Å². The molecule has 35 heavy (non-hydrogen) atoms. The Morgan fingerprint density at radius 1 is 1.17 bits per heavy atom. The third-order valence-corrected chi connectivity index (χ3v) is 6.10. The number of nitrogens with zero attached hydrogens (tertiary/aromatic N) is 1. The lowest BCUT2D eigenvalue weighted by Gasteiger charge is -2.29. The zero-order valence-electron chi connectivity index (χ0n) is 19.1. The topological polar surface area (TPSA) is 142 Å². The molecule has 0 bridgehead atoms. The van der Waals surface area contributed by atoms with Crippen LogP contribution in [0, 0.1) is 0 Å². The van der Waals surface area contributed by atoms with Crippen molar-refractivity contribution in [3.63, 3.8) is 0 Å². The van der Waals surface area contributed by atoms with Crippen molar-refractivity contribution in [2.24, 2.45) is 0 Å². The van der Waals surface area contributed by atoms with E-state index in [4.69, 9.17) is 9.15 Å². The Kier molecular flexibility index (Phi) is 5.31. The molecule has 1 atom stereocenters. The van der Waals surface area contributed by atoms with Crippen molar-refractivity contribution in [3.05, 3.63) is 59.4 Å². The SMILES string of the molecule is CCNC(=O)Nc1ccc2oc(C3(CN4Cc5ccc(OC)cc5C4=O)NC(=O)NC3=O)cc2c1. The molecule has 4 N–H and O–H groups in total. The monoisotopic (exact) mass is 477 g/mol. The number of nitrogens with one attached hydrogen (secondary N) is 4. The predicted octanol–water partition coefficient (Wildman–Crippen LogP) is 2.27. The maximum atomic E-state index is 13.1. The highest BCUT2D eigenvalue weighted by Gasteiger charge is 2.53. The van der Waals surface area contributed by atoms with E-state index in [-0.39, 0.29) is 30.8 Å². The largest absolute Gasteiger partial charge is 0.497 e. The molecule has 2 aliphatic heterocycles. The number of ether oxygens (including phenoxy) is 1. The summed E-state index contributed by atoms with van der Waals surface area (Å²) in [6.45, 7) is 2.42. The second-order valence-electron chi connectivity index (χ2n) is 8.35. The fourth-order valence-corrected chi connectivity index (χ4v) is 4.40. The Morgan fingerprint density at radius 2 is 2.00 bits per heavy atom. The number of hydrogen-bond acceptors (Lipinski definition) is 6. The minimum Gasteiger partial charge on any atom is -0.497 e. The van der Waals surface area contributed by atoms with Gasteiger partial charge in [0.05, 0.1) is 13.7 Å². The fraction of sp³-hybridized carbons (Fsp3) is 0.250. The number of benzene rings is 2. The predicted molar refractivity (Wildman–Crippen MR) is 125 cm³/mol. The molecule has 2 aromatic carbocycles. The molecule has 3 aromatic rings. The van der Waals surface area contributed by atoms with Gasteiger partial charge in [-0.15, -0.1) is 0 Å². The number of carbonyl (C=O) groups is 4. The lowest BCUT2D eigenvalue weighted by atomic mass is 9.95. The molecule has 2 aliphatic rings. The van der Waals surface area contributed by atoms with Crippen molar-refractivity contribution in [1.29, 1.82) is 0 Å². The van der Waals surface area contributed by atoms with Gasteiger partial charge in [-0.25, -0.2) is 9.59 Å². The average molecular weight is 477 g/mol. The molecule has 0 aliphatic carbocycles. The number of rotatable bonds is 6. The molecule has 0 spiro atoms. The normalized spacial score (nSPS) is 18.9. The Labute approximate surface area is 199 Å². The number of imide groups is 1. The Bertz CT molecular complexity index is 1380. The van der Waals surface area contributed by atoms with Gasteiger partial charge in [-0.05, 0) is 48.9 Å². The van der Waals surface area contributed by atoms with Crippen molar-refractivity contribution >= 4 is 40.5 Å². The molecule has 180 valence electrons. The van der Waals surface area contributed by atoms with E-state index in [1.165, 1.54) is 12.0 Å². The summed E-state index contributed by atoms with van der Waals surface area (Å²) >= 11 is 0. The van der Waals surface area contributed by atoms with Crippen molar-refractivity contribution in [2.45, 2.75) is 19.0 Å². The molecular formula is C24H23N5O6. The molecule has 0 saturated carbocycles. The summed E-state index contributed by atoms with van der Waals surface area (Å²) < 4.78 is 11.2. The number of fused-ring (bicyclic) bond motifs is 2. The van der Waals surface area contributed by atoms with Crippen molar-refractivity contribution in [3.8, 4) is 5.75 Å². The highest BCUT2D eigenvalue weighted by Crippen LogP contribution is 2.35. The number of methoxy groups -OCH3 is 1. The van der Waals surface area contributed by atoms with Crippen molar-refractivity contribution < 1.29 is 28.3 Å². The van der Waals surface area contributed by atoms with Crippen LogP contribution in [0.2, 0.25) is 0 Å². The average Bonchev–Trinajstić information content (AvgIpc) is 3.47. The molecule has 5 rings (SSSR count). The van der Waals surface area contributed by atoms with Crippen LogP contribution in [0.4, 0.5) is 15.3 Å². The van der Waals surface area contributed by atoms with E-state index < -0.39 is 17.5 Å². The summed E-state index contributed by atoms with van der Waals surface area (Å²) in [7, 11) is 1.52. The summed E-state index contributed by atoms with van der Waals surface area (Å²) in [5, 5.41) is 10.9. The minimum atomic E-state index is -1.62. The van der Waals surface area contributed by atoms with Gasteiger partial charge in [0.15, 0.2) is 5.54 Å². The van der Waals surface area contributed by atoms with E-state index >= 15 is 0 Å². The van der Waals surface area contributed by atoms with Gasteiger partial charge >= 0.3 is 12.1 Å². The number of carbonyl (C=O) groups excluding carboxylic acids is 4. The third kappa shape index (κ3) is 3.80. The lowest BCUT2D eigenvalue weighted by molar-refractivity contribution is -0.125.